The zero-order chi connectivity index (χ0) is 21.1. The van der Waals surface area contributed by atoms with Gasteiger partial charge in [0.2, 0.25) is 17.6 Å². The molecule has 1 amide bonds. The van der Waals surface area contributed by atoms with Gasteiger partial charge in [-0.1, -0.05) is 43.3 Å². The Morgan fingerprint density at radius 1 is 1.17 bits per heavy atom. The van der Waals surface area contributed by atoms with Crippen molar-refractivity contribution in [2.24, 2.45) is 5.92 Å². The van der Waals surface area contributed by atoms with Crippen molar-refractivity contribution in [2.75, 3.05) is 6.61 Å². The molecule has 0 spiro atoms. The summed E-state index contributed by atoms with van der Waals surface area (Å²) in [4.78, 5) is 19.0. The van der Waals surface area contributed by atoms with Crippen molar-refractivity contribution in [3.63, 3.8) is 0 Å². The second-order valence-electron chi connectivity index (χ2n) is 8.19. The predicted octanol–water partition coefficient (Wildman–Crippen LogP) is 4.94. The van der Waals surface area contributed by atoms with Crippen LogP contribution in [0.25, 0.3) is 11.4 Å². The number of rotatable bonds is 7. The van der Waals surface area contributed by atoms with Gasteiger partial charge in [0.25, 0.3) is 0 Å². The van der Waals surface area contributed by atoms with E-state index >= 15 is 0 Å². The molecule has 2 aromatic carbocycles. The topological polar surface area (TPSA) is 68.5 Å². The van der Waals surface area contributed by atoms with Gasteiger partial charge in [0.05, 0.1) is 6.61 Å². The second kappa shape index (κ2) is 8.69. The van der Waals surface area contributed by atoms with E-state index in [1.165, 1.54) is 5.56 Å². The molecule has 0 N–H and O–H groups in total. The molecule has 3 aromatic rings. The molecule has 0 bridgehead atoms. The fourth-order valence-corrected chi connectivity index (χ4v) is 3.61. The molecule has 1 aliphatic heterocycles. The lowest BCUT2D eigenvalue weighted by molar-refractivity contribution is -0.130. The van der Waals surface area contributed by atoms with E-state index in [0.29, 0.717) is 43.6 Å². The van der Waals surface area contributed by atoms with Gasteiger partial charge in [0.15, 0.2) is 0 Å². The Labute approximate surface area is 176 Å². The maximum absolute atomic E-state index is 12.5. The number of aryl methyl sites for hydroxylation is 1. The van der Waals surface area contributed by atoms with Gasteiger partial charge in [-0.05, 0) is 54.7 Å². The second-order valence-corrected chi connectivity index (χ2v) is 8.19. The molecule has 1 aliphatic rings. The number of ether oxygens (including phenoxy) is 1. The highest BCUT2D eigenvalue weighted by Gasteiger charge is 2.36. The Kier molecular flexibility index (Phi) is 5.84. The minimum atomic E-state index is -0.188. The molecule has 6 heteroatoms. The standard InChI is InChI=1S/C24H27N3O3/c1-16(2)15-29-20-10-8-18(9-11-20)23-25-24(30-26-23)21-12-13-22(28)27(21)14-19-7-5-4-6-17(19)3/h4-11,16,21H,12-15H2,1-3H3. The number of nitrogens with zero attached hydrogens (tertiary/aromatic N) is 3. The molecule has 6 nitrogen and oxygen atoms in total. The fourth-order valence-electron chi connectivity index (χ4n) is 3.61. The van der Waals surface area contributed by atoms with Crippen molar-refractivity contribution in [1.82, 2.24) is 15.0 Å². The number of likely N-dealkylation sites (tertiary alicyclic amines) is 1. The molecule has 1 saturated heterocycles. The maximum atomic E-state index is 12.5. The third-order valence-corrected chi connectivity index (χ3v) is 5.35. The lowest BCUT2D eigenvalue weighted by Crippen LogP contribution is -2.27. The SMILES string of the molecule is Cc1ccccc1CN1C(=O)CCC1c1nc(-c2ccc(OCC(C)C)cc2)no1. The summed E-state index contributed by atoms with van der Waals surface area (Å²) in [5.41, 5.74) is 3.16. The lowest BCUT2D eigenvalue weighted by Gasteiger charge is -2.23. The number of carbonyl (C=O) groups excluding carboxylic acids is 1. The molecular weight excluding hydrogens is 378 g/mol. The van der Waals surface area contributed by atoms with Crippen LogP contribution in [-0.2, 0) is 11.3 Å². The monoisotopic (exact) mass is 405 g/mol. The molecule has 30 heavy (non-hydrogen) atoms. The van der Waals surface area contributed by atoms with Crippen molar-refractivity contribution in [2.45, 2.75) is 46.2 Å². The summed E-state index contributed by atoms with van der Waals surface area (Å²) in [7, 11) is 0. The van der Waals surface area contributed by atoms with E-state index in [1.807, 2.05) is 41.3 Å². The largest absolute Gasteiger partial charge is 0.493 e. The van der Waals surface area contributed by atoms with E-state index < -0.39 is 0 Å². The summed E-state index contributed by atoms with van der Waals surface area (Å²) in [6.45, 7) is 7.52. The first-order valence-electron chi connectivity index (χ1n) is 10.4. The maximum Gasteiger partial charge on any atom is 0.249 e. The molecule has 156 valence electrons. The van der Waals surface area contributed by atoms with Crippen LogP contribution < -0.4 is 4.74 Å². The molecule has 1 atom stereocenters. The lowest BCUT2D eigenvalue weighted by atomic mass is 10.1. The van der Waals surface area contributed by atoms with Gasteiger partial charge < -0.3 is 14.2 Å². The minimum Gasteiger partial charge on any atom is -0.493 e. The minimum absolute atomic E-state index is 0.120. The molecule has 1 fully saturated rings. The number of hydrogen-bond donors (Lipinski definition) is 0. The summed E-state index contributed by atoms with van der Waals surface area (Å²) in [6.07, 6.45) is 1.18. The van der Waals surface area contributed by atoms with Crippen LogP contribution in [0.3, 0.4) is 0 Å². The first kappa shape index (κ1) is 20.1. The van der Waals surface area contributed by atoms with Crippen LogP contribution in [0.1, 0.15) is 49.7 Å². The first-order chi connectivity index (χ1) is 14.5. The zero-order valence-corrected chi connectivity index (χ0v) is 17.7. The van der Waals surface area contributed by atoms with Crippen LogP contribution in [0, 0.1) is 12.8 Å². The van der Waals surface area contributed by atoms with Gasteiger partial charge in [-0.25, -0.2) is 0 Å². The molecule has 0 saturated carbocycles. The predicted molar refractivity (Wildman–Crippen MR) is 114 cm³/mol. The molecule has 0 aliphatic carbocycles. The van der Waals surface area contributed by atoms with Crippen LogP contribution in [0.2, 0.25) is 0 Å². The number of carbonyl (C=O) groups is 1. The molecule has 1 unspecified atom stereocenters. The van der Waals surface area contributed by atoms with E-state index in [1.54, 1.807) is 0 Å². The summed E-state index contributed by atoms with van der Waals surface area (Å²) >= 11 is 0. The Bertz CT molecular complexity index is 1010. The zero-order valence-electron chi connectivity index (χ0n) is 17.7. The van der Waals surface area contributed by atoms with Crippen LogP contribution >= 0.6 is 0 Å². The van der Waals surface area contributed by atoms with Crippen LogP contribution in [0.5, 0.6) is 5.75 Å². The average molecular weight is 405 g/mol. The van der Waals surface area contributed by atoms with Gasteiger partial charge >= 0.3 is 0 Å². The van der Waals surface area contributed by atoms with Crippen LogP contribution in [-0.4, -0.2) is 27.6 Å². The van der Waals surface area contributed by atoms with Gasteiger partial charge in [-0.15, -0.1) is 0 Å². The van der Waals surface area contributed by atoms with Crippen molar-refractivity contribution in [3.05, 3.63) is 65.5 Å². The highest BCUT2D eigenvalue weighted by molar-refractivity contribution is 5.79. The van der Waals surface area contributed by atoms with Gasteiger partial charge in [0, 0.05) is 18.5 Å². The Balaban J connectivity index is 1.50. The molecule has 1 aromatic heterocycles. The molecule has 4 rings (SSSR count). The van der Waals surface area contributed by atoms with Crippen molar-refractivity contribution in [1.29, 1.82) is 0 Å². The van der Waals surface area contributed by atoms with Crippen LogP contribution in [0.4, 0.5) is 0 Å². The summed E-state index contributed by atoms with van der Waals surface area (Å²) < 4.78 is 11.3. The van der Waals surface area contributed by atoms with E-state index in [-0.39, 0.29) is 11.9 Å². The highest BCUT2D eigenvalue weighted by Crippen LogP contribution is 2.34. The van der Waals surface area contributed by atoms with Crippen molar-refractivity contribution >= 4 is 5.91 Å². The van der Waals surface area contributed by atoms with Crippen molar-refractivity contribution < 1.29 is 14.1 Å². The number of amides is 1. The third kappa shape index (κ3) is 4.37. The van der Waals surface area contributed by atoms with Crippen molar-refractivity contribution in [3.8, 4) is 17.1 Å². The summed E-state index contributed by atoms with van der Waals surface area (Å²) in [5, 5.41) is 4.15. The van der Waals surface area contributed by atoms with Crippen LogP contribution in [0.15, 0.2) is 53.1 Å². The Morgan fingerprint density at radius 2 is 1.93 bits per heavy atom. The Morgan fingerprint density at radius 3 is 2.67 bits per heavy atom. The van der Waals surface area contributed by atoms with E-state index in [2.05, 4.69) is 43.0 Å². The van der Waals surface area contributed by atoms with E-state index in [4.69, 9.17) is 9.26 Å². The smallest absolute Gasteiger partial charge is 0.249 e. The molecule has 0 radical (unpaired) electrons. The highest BCUT2D eigenvalue weighted by atomic mass is 16.5. The van der Waals surface area contributed by atoms with E-state index in [9.17, 15) is 4.79 Å². The molecule has 2 heterocycles. The number of hydrogen-bond acceptors (Lipinski definition) is 5. The fraction of sp³-hybridized carbons (Fsp3) is 0.375. The van der Waals surface area contributed by atoms with Gasteiger partial charge in [-0.2, -0.15) is 4.98 Å². The normalized spacial score (nSPS) is 16.5. The number of benzene rings is 2. The average Bonchev–Trinajstić information content (AvgIpc) is 3.36. The Hall–Kier alpha value is -3.15. The first-order valence-corrected chi connectivity index (χ1v) is 10.4. The van der Waals surface area contributed by atoms with Gasteiger partial charge in [0.1, 0.15) is 11.8 Å². The molecular formula is C24H27N3O3. The summed E-state index contributed by atoms with van der Waals surface area (Å²) in [6, 6.07) is 15.6. The van der Waals surface area contributed by atoms with Gasteiger partial charge in [-0.3, -0.25) is 4.79 Å². The quantitative estimate of drug-likeness (QED) is 0.557. The third-order valence-electron chi connectivity index (χ3n) is 5.35. The van der Waals surface area contributed by atoms with E-state index in [0.717, 1.165) is 16.9 Å². The summed E-state index contributed by atoms with van der Waals surface area (Å²) in [5.74, 6) is 2.43. The number of aromatic nitrogens is 2.